The first-order chi connectivity index (χ1) is 10.1. The first kappa shape index (κ1) is 13.3. The van der Waals surface area contributed by atoms with Crippen LogP contribution in [0.5, 0.6) is 5.75 Å². The summed E-state index contributed by atoms with van der Waals surface area (Å²) in [6, 6.07) is 8.11. The molecular formula is C16H14N2O3. The van der Waals surface area contributed by atoms with Crippen molar-refractivity contribution in [1.82, 2.24) is 4.98 Å². The van der Waals surface area contributed by atoms with Crippen LogP contribution in [0.25, 0.3) is 11.3 Å². The molecular weight excluding hydrogens is 268 g/mol. The van der Waals surface area contributed by atoms with E-state index >= 15 is 0 Å². The Morgan fingerprint density at radius 2 is 2.00 bits per heavy atom. The summed E-state index contributed by atoms with van der Waals surface area (Å²) in [6.45, 7) is 2.37. The number of carboxylic acids is 1. The summed E-state index contributed by atoms with van der Waals surface area (Å²) >= 11 is 0. The lowest BCUT2D eigenvalue weighted by Crippen LogP contribution is -2.10. The number of fused-ring (bicyclic) bond motifs is 1. The third-order valence-corrected chi connectivity index (χ3v) is 3.53. The molecule has 2 heterocycles. The number of carboxylic acid groups (broad SMARTS) is 1. The minimum Gasteiger partial charge on any atom is -0.508 e. The molecule has 0 amide bonds. The average molecular weight is 282 g/mol. The molecule has 5 heteroatoms. The number of benzene rings is 1. The fourth-order valence-corrected chi connectivity index (χ4v) is 2.52. The lowest BCUT2D eigenvalue weighted by atomic mass is 9.99. The van der Waals surface area contributed by atoms with Gasteiger partial charge in [0.25, 0.3) is 0 Å². The molecule has 21 heavy (non-hydrogen) atoms. The molecule has 1 aromatic carbocycles. The van der Waals surface area contributed by atoms with E-state index in [4.69, 9.17) is 0 Å². The van der Waals surface area contributed by atoms with Crippen LogP contribution in [0.3, 0.4) is 0 Å². The molecule has 1 aromatic heterocycles. The van der Waals surface area contributed by atoms with Gasteiger partial charge in [-0.25, -0.2) is 4.79 Å². The molecule has 0 fully saturated rings. The van der Waals surface area contributed by atoms with E-state index in [-0.39, 0.29) is 11.3 Å². The lowest BCUT2D eigenvalue weighted by Gasteiger charge is -2.09. The van der Waals surface area contributed by atoms with Crippen LogP contribution in [-0.4, -0.2) is 26.9 Å². The predicted octanol–water partition coefficient (Wildman–Crippen LogP) is 2.87. The number of aliphatic imine (C=N–C) groups is 1. The molecule has 0 spiro atoms. The van der Waals surface area contributed by atoms with Crippen LogP contribution >= 0.6 is 0 Å². The molecule has 1 aliphatic rings. The fraction of sp³-hybridized carbons (Fsp3) is 0.188. The highest BCUT2D eigenvalue weighted by molar-refractivity contribution is 6.11. The number of phenolic OH excluding ortho intramolecular Hbond substituents is 1. The molecule has 1 aliphatic heterocycles. The van der Waals surface area contributed by atoms with Gasteiger partial charge in [0, 0.05) is 16.8 Å². The van der Waals surface area contributed by atoms with Crippen molar-refractivity contribution in [3.8, 4) is 17.0 Å². The van der Waals surface area contributed by atoms with Gasteiger partial charge in [0.2, 0.25) is 0 Å². The molecule has 3 rings (SSSR count). The third-order valence-electron chi connectivity index (χ3n) is 3.53. The molecule has 2 aromatic rings. The van der Waals surface area contributed by atoms with Crippen molar-refractivity contribution in [2.24, 2.45) is 4.99 Å². The normalized spacial score (nSPS) is 12.9. The van der Waals surface area contributed by atoms with Gasteiger partial charge in [-0.05, 0) is 36.8 Å². The number of aromatic hydroxyl groups is 1. The number of hydrogen-bond acceptors (Lipinski definition) is 4. The van der Waals surface area contributed by atoms with Crippen molar-refractivity contribution in [3.63, 3.8) is 0 Å². The number of pyridine rings is 1. The van der Waals surface area contributed by atoms with Gasteiger partial charge in [0.15, 0.2) is 0 Å². The highest BCUT2D eigenvalue weighted by atomic mass is 16.4. The van der Waals surface area contributed by atoms with E-state index in [0.29, 0.717) is 29.9 Å². The van der Waals surface area contributed by atoms with E-state index in [1.807, 2.05) is 6.92 Å². The smallest absolute Gasteiger partial charge is 0.336 e. The van der Waals surface area contributed by atoms with Crippen LogP contribution in [0.4, 0.5) is 0 Å². The summed E-state index contributed by atoms with van der Waals surface area (Å²) in [4.78, 5) is 20.4. The molecule has 0 unspecified atom stereocenters. The minimum atomic E-state index is -0.975. The summed E-state index contributed by atoms with van der Waals surface area (Å²) in [5.74, 6) is -0.813. The SMILES string of the molecule is CCC1=NCc2nc(-c3ccc(O)cc3)cc(C(=O)O)c21. The fourth-order valence-electron chi connectivity index (χ4n) is 2.52. The second-order valence-electron chi connectivity index (χ2n) is 4.85. The van der Waals surface area contributed by atoms with E-state index in [2.05, 4.69) is 9.98 Å². The Morgan fingerprint density at radius 1 is 1.29 bits per heavy atom. The quantitative estimate of drug-likeness (QED) is 0.906. The van der Waals surface area contributed by atoms with E-state index < -0.39 is 5.97 Å². The summed E-state index contributed by atoms with van der Waals surface area (Å²) in [5.41, 5.74) is 3.75. The highest BCUT2D eigenvalue weighted by Gasteiger charge is 2.24. The number of rotatable bonds is 3. The van der Waals surface area contributed by atoms with E-state index in [9.17, 15) is 15.0 Å². The molecule has 106 valence electrons. The summed E-state index contributed by atoms with van der Waals surface area (Å²) in [6.07, 6.45) is 0.688. The van der Waals surface area contributed by atoms with Crippen molar-refractivity contribution in [1.29, 1.82) is 0 Å². The van der Waals surface area contributed by atoms with Gasteiger partial charge in [-0.1, -0.05) is 6.92 Å². The van der Waals surface area contributed by atoms with Gasteiger partial charge in [-0.15, -0.1) is 0 Å². The minimum absolute atomic E-state index is 0.162. The molecule has 0 atom stereocenters. The van der Waals surface area contributed by atoms with Gasteiger partial charge in [-0.2, -0.15) is 0 Å². The monoisotopic (exact) mass is 282 g/mol. The van der Waals surface area contributed by atoms with Crippen LogP contribution in [0.1, 0.15) is 35.0 Å². The average Bonchev–Trinajstić information content (AvgIpc) is 2.89. The Kier molecular flexibility index (Phi) is 3.17. The first-order valence-corrected chi connectivity index (χ1v) is 6.70. The van der Waals surface area contributed by atoms with Crippen LogP contribution in [0.2, 0.25) is 0 Å². The summed E-state index contributed by atoms with van der Waals surface area (Å²) < 4.78 is 0. The van der Waals surface area contributed by atoms with Gasteiger partial charge in [0.05, 0.1) is 23.5 Å². The zero-order valence-electron chi connectivity index (χ0n) is 11.5. The number of aromatic nitrogens is 1. The van der Waals surface area contributed by atoms with Crippen LogP contribution < -0.4 is 0 Å². The maximum absolute atomic E-state index is 11.5. The molecule has 0 radical (unpaired) electrons. The van der Waals surface area contributed by atoms with Crippen molar-refractivity contribution < 1.29 is 15.0 Å². The number of phenols is 1. The summed E-state index contributed by atoms with van der Waals surface area (Å²) in [7, 11) is 0. The number of aromatic carboxylic acids is 1. The Labute approximate surface area is 121 Å². The van der Waals surface area contributed by atoms with E-state index in [0.717, 1.165) is 11.3 Å². The Morgan fingerprint density at radius 3 is 2.62 bits per heavy atom. The maximum atomic E-state index is 11.5. The van der Waals surface area contributed by atoms with Gasteiger partial charge < -0.3 is 10.2 Å². The van der Waals surface area contributed by atoms with Crippen LogP contribution in [-0.2, 0) is 6.54 Å². The van der Waals surface area contributed by atoms with Gasteiger partial charge in [0.1, 0.15) is 5.75 Å². The maximum Gasteiger partial charge on any atom is 0.336 e. The molecule has 0 saturated carbocycles. The molecule has 2 N–H and O–H groups in total. The number of carbonyl (C=O) groups is 1. The summed E-state index contributed by atoms with van der Waals surface area (Å²) in [5, 5.41) is 18.8. The second kappa shape index (κ2) is 5.01. The Balaban J connectivity index is 2.17. The zero-order valence-corrected chi connectivity index (χ0v) is 11.5. The van der Waals surface area contributed by atoms with E-state index in [1.165, 1.54) is 0 Å². The van der Waals surface area contributed by atoms with Crippen molar-refractivity contribution in [3.05, 3.63) is 47.2 Å². The predicted molar refractivity (Wildman–Crippen MR) is 78.8 cm³/mol. The van der Waals surface area contributed by atoms with Crippen molar-refractivity contribution in [2.75, 3.05) is 0 Å². The van der Waals surface area contributed by atoms with Crippen LogP contribution in [0.15, 0.2) is 35.3 Å². The van der Waals surface area contributed by atoms with Crippen molar-refractivity contribution in [2.45, 2.75) is 19.9 Å². The third kappa shape index (κ3) is 2.27. The van der Waals surface area contributed by atoms with Gasteiger partial charge >= 0.3 is 5.97 Å². The van der Waals surface area contributed by atoms with Crippen LogP contribution in [0, 0.1) is 0 Å². The van der Waals surface area contributed by atoms with Gasteiger partial charge in [-0.3, -0.25) is 9.98 Å². The molecule has 0 bridgehead atoms. The Bertz CT molecular complexity index is 749. The van der Waals surface area contributed by atoms with Crippen molar-refractivity contribution >= 4 is 11.7 Å². The lowest BCUT2D eigenvalue weighted by molar-refractivity contribution is 0.0696. The van der Waals surface area contributed by atoms with E-state index in [1.54, 1.807) is 30.3 Å². The largest absolute Gasteiger partial charge is 0.508 e. The second-order valence-corrected chi connectivity index (χ2v) is 4.85. The highest BCUT2D eigenvalue weighted by Crippen LogP contribution is 2.28. The first-order valence-electron chi connectivity index (χ1n) is 6.70. The zero-order chi connectivity index (χ0) is 15.0. The topological polar surface area (TPSA) is 82.8 Å². The standard InChI is InChI=1S/C16H14N2O3/c1-2-12-15-11(16(20)21)7-13(18-14(15)8-17-12)9-3-5-10(19)6-4-9/h3-7,19H,2,8H2,1H3,(H,20,21). The Hall–Kier alpha value is -2.69. The molecule has 0 saturated heterocycles. The molecule has 0 aliphatic carbocycles. The molecule has 5 nitrogen and oxygen atoms in total. The number of hydrogen-bond donors (Lipinski definition) is 2. The number of nitrogens with zero attached hydrogens (tertiary/aromatic N) is 2.